The minimum atomic E-state index is -0.721. The second-order valence-electron chi connectivity index (χ2n) is 3.81. The zero-order valence-corrected chi connectivity index (χ0v) is 10.4. The predicted octanol–water partition coefficient (Wildman–Crippen LogP) is 3.72. The van der Waals surface area contributed by atoms with Gasteiger partial charge in [0.15, 0.2) is 11.6 Å². The molecule has 0 saturated heterocycles. The van der Waals surface area contributed by atoms with Crippen molar-refractivity contribution in [3.8, 4) is 11.5 Å². The van der Waals surface area contributed by atoms with Crippen molar-refractivity contribution in [3.63, 3.8) is 0 Å². The third-order valence-corrected chi connectivity index (χ3v) is 2.55. The maximum Gasteiger partial charge on any atom is 0.166 e. The number of pyridine rings is 1. The zero-order valence-electron chi connectivity index (χ0n) is 9.60. The Balaban J connectivity index is 2.24. The van der Waals surface area contributed by atoms with Crippen LogP contribution in [0.2, 0.25) is 5.02 Å². The molecule has 1 N–H and O–H groups in total. The minimum absolute atomic E-state index is 0.0588. The second kappa shape index (κ2) is 5.33. The first-order valence-corrected chi connectivity index (χ1v) is 5.70. The highest BCUT2D eigenvalue weighted by Gasteiger charge is 2.09. The second-order valence-corrected chi connectivity index (χ2v) is 4.24. The van der Waals surface area contributed by atoms with E-state index in [4.69, 9.17) is 16.3 Å². The molecule has 2 aromatic rings. The van der Waals surface area contributed by atoms with Crippen molar-refractivity contribution in [1.29, 1.82) is 0 Å². The van der Waals surface area contributed by atoms with Gasteiger partial charge >= 0.3 is 0 Å². The Morgan fingerprint density at radius 3 is 2.72 bits per heavy atom. The maximum atomic E-state index is 13.7. The third-order valence-electron chi connectivity index (χ3n) is 2.35. The molecular weight excluding hydrogens is 257 g/mol. The van der Waals surface area contributed by atoms with E-state index in [0.29, 0.717) is 16.3 Å². The molecule has 0 aliphatic rings. The fourth-order valence-electron chi connectivity index (χ4n) is 1.43. The van der Waals surface area contributed by atoms with Crippen LogP contribution in [0.4, 0.5) is 4.39 Å². The van der Waals surface area contributed by atoms with Crippen LogP contribution >= 0.6 is 11.6 Å². The Morgan fingerprint density at radius 1 is 1.33 bits per heavy atom. The van der Waals surface area contributed by atoms with E-state index in [9.17, 15) is 9.50 Å². The van der Waals surface area contributed by atoms with Gasteiger partial charge in [0.25, 0.3) is 0 Å². The van der Waals surface area contributed by atoms with Crippen molar-refractivity contribution in [2.24, 2.45) is 0 Å². The summed E-state index contributed by atoms with van der Waals surface area (Å²) < 4.78 is 19.0. The van der Waals surface area contributed by atoms with E-state index < -0.39 is 11.9 Å². The van der Waals surface area contributed by atoms with E-state index in [-0.39, 0.29) is 5.75 Å². The first kappa shape index (κ1) is 12.8. The number of aromatic nitrogens is 1. The summed E-state index contributed by atoms with van der Waals surface area (Å²) in [6.45, 7) is 1.57. The van der Waals surface area contributed by atoms with E-state index in [1.54, 1.807) is 13.0 Å². The highest BCUT2D eigenvalue weighted by atomic mass is 35.5. The lowest BCUT2D eigenvalue weighted by molar-refractivity contribution is 0.198. The fourth-order valence-corrected chi connectivity index (χ4v) is 1.60. The Kier molecular flexibility index (Phi) is 3.79. The Morgan fingerprint density at radius 2 is 2.11 bits per heavy atom. The molecule has 0 aliphatic heterocycles. The van der Waals surface area contributed by atoms with Crippen molar-refractivity contribution >= 4 is 11.6 Å². The summed E-state index contributed by atoms with van der Waals surface area (Å²) in [5, 5.41) is 9.74. The molecule has 0 spiro atoms. The third kappa shape index (κ3) is 2.97. The van der Waals surface area contributed by atoms with E-state index in [1.165, 1.54) is 30.6 Å². The molecule has 1 heterocycles. The summed E-state index contributed by atoms with van der Waals surface area (Å²) in [5.41, 5.74) is 0.490. The van der Waals surface area contributed by atoms with Gasteiger partial charge in [0.1, 0.15) is 5.75 Å². The molecule has 18 heavy (non-hydrogen) atoms. The number of nitrogens with zero attached hydrogens (tertiary/aromatic N) is 1. The molecule has 94 valence electrons. The number of aliphatic hydroxyl groups is 1. The predicted molar refractivity (Wildman–Crippen MR) is 66.4 cm³/mol. The van der Waals surface area contributed by atoms with Gasteiger partial charge in [-0.3, -0.25) is 4.98 Å². The lowest BCUT2D eigenvalue weighted by Gasteiger charge is -2.09. The SMILES string of the molecule is C[C@@H](O)c1ccc(Oc2cncc(Cl)c2)c(F)c1. The molecule has 0 aliphatic carbocycles. The number of rotatable bonds is 3. The number of hydrogen-bond donors (Lipinski definition) is 1. The summed E-state index contributed by atoms with van der Waals surface area (Å²) in [4.78, 5) is 3.84. The summed E-state index contributed by atoms with van der Waals surface area (Å²) in [5.74, 6) is -0.136. The number of hydrogen-bond acceptors (Lipinski definition) is 3. The highest BCUT2D eigenvalue weighted by molar-refractivity contribution is 6.30. The summed E-state index contributed by atoms with van der Waals surface area (Å²) in [6.07, 6.45) is 2.18. The van der Waals surface area contributed by atoms with Crippen LogP contribution in [0, 0.1) is 5.82 Å². The average molecular weight is 268 g/mol. The molecule has 2 rings (SSSR count). The smallest absolute Gasteiger partial charge is 0.166 e. The lowest BCUT2D eigenvalue weighted by atomic mass is 10.1. The quantitative estimate of drug-likeness (QED) is 0.922. The zero-order chi connectivity index (χ0) is 13.1. The molecule has 1 atom stereocenters. The van der Waals surface area contributed by atoms with Gasteiger partial charge in [-0.2, -0.15) is 0 Å². The van der Waals surface area contributed by atoms with Gasteiger partial charge in [-0.1, -0.05) is 17.7 Å². The van der Waals surface area contributed by atoms with E-state index >= 15 is 0 Å². The summed E-state index contributed by atoms with van der Waals surface area (Å²) in [7, 11) is 0. The molecule has 0 radical (unpaired) electrons. The molecule has 0 bridgehead atoms. The number of halogens is 2. The Hall–Kier alpha value is -1.65. The van der Waals surface area contributed by atoms with Crippen LogP contribution in [0.1, 0.15) is 18.6 Å². The molecule has 0 saturated carbocycles. The number of aliphatic hydroxyl groups excluding tert-OH is 1. The van der Waals surface area contributed by atoms with Crippen LogP contribution in [0.25, 0.3) is 0 Å². The largest absolute Gasteiger partial charge is 0.453 e. The van der Waals surface area contributed by atoms with Crippen LogP contribution in [0.5, 0.6) is 11.5 Å². The summed E-state index contributed by atoms with van der Waals surface area (Å²) in [6, 6.07) is 5.83. The van der Waals surface area contributed by atoms with E-state index in [0.717, 1.165) is 0 Å². The molecule has 3 nitrogen and oxygen atoms in total. The molecule has 0 amide bonds. The summed E-state index contributed by atoms with van der Waals surface area (Å²) >= 11 is 5.75. The average Bonchev–Trinajstić information content (AvgIpc) is 2.31. The highest BCUT2D eigenvalue weighted by Crippen LogP contribution is 2.27. The monoisotopic (exact) mass is 267 g/mol. The molecule has 5 heteroatoms. The van der Waals surface area contributed by atoms with Crippen molar-refractivity contribution in [2.45, 2.75) is 13.0 Å². The van der Waals surface area contributed by atoms with Gasteiger partial charge in [-0.15, -0.1) is 0 Å². The van der Waals surface area contributed by atoms with Gasteiger partial charge in [0.2, 0.25) is 0 Å². The van der Waals surface area contributed by atoms with Crippen LogP contribution < -0.4 is 4.74 Å². The van der Waals surface area contributed by atoms with Crippen LogP contribution in [0.3, 0.4) is 0 Å². The van der Waals surface area contributed by atoms with Gasteiger partial charge in [0.05, 0.1) is 17.3 Å². The van der Waals surface area contributed by atoms with E-state index in [1.807, 2.05) is 0 Å². The molecular formula is C13H11ClFNO2. The standard InChI is InChI=1S/C13H11ClFNO2/c1-8(17)9-2-3-13(12(15)4-9)18-11-5-10(14)6-16-7-11/h2-8,17H,1H3/t8-/m1/s1. The Labute approximate surface area is 109 Å². The van der Waals surface area contributed by atoms with Gasteiger partial charge < -0.3 is 9.84 Å². The van der Waals surface area contributed by atoms with E-state index in [2.05, 4.69) is 4.98 Å². The topological polar surface area (TPSA) is 42.4 Å². The Bertz CT molecular complexity index is 560. The first-order chi connectivity index (χ1) is 8.56. The van der Waals surface area contributed by atoms with Crippen LogP contribution in [0.15, 0.2) is 36.7 Å². The minimum Gasteiger partial charge on any atom is -0.453 e. The first-order valence-electron chi connectivity index (χ1n) is 5.32. The molecule has 0 unspecified atom stereocenters. The number of benzene rings is 1. The van der Waals surface area contributed by atoms with Crippen molar-refractivity contribution in [2.75, 3.05) is 0 Å². The number of ether oxygens (including phenoxy) is 1. The molecule has 1 aromatic heterocycles. The van der Waals surface area contributed by atoms with Crippen molar-refractivity contribution in [1.82, 2.24) is 4.98 Å². The lowest BCUT2D eigenvalue weighted by Crippen LogP contribution is -1.94. The molecule has 0 fully saturated rings. The maximum absolute atomic E-state index is 13.7. The van der Waals surface area contributed by atoms with Crippen molar-refractivity contribution < 1.29 is 14.2 Å². The van der Waals surface area contributed by atoms with Gasteiger partial charge in [-0.05, 0) is 24.6 Å². The van der Waals surface area contributed by atoms with Crippen molar-refractivity contribution in [3.05, 3.63) is 53.1 Å². The normalized spacial score (nSPS) is 12.2. The van der Waals surface area contributed by atoms with Gasteiger partial charge in [-0.25, -0.2) is 4.39 Å². The van der Waals surface area contributed by atoms with Crippen LogP contribution in [-0.4, -0.2) is 10.1 Å². The van der Waals surface area contributed by atoms with Gasteiger partial charge in [0, 0.05) is 12.3 Å². The molecule has 1 aromatic carbocycles. The van der Waals surface area contributed by atoms with Crippen LogP contribution in [-0.2, 0) is 0 Å². The fraction of sp³-hybridized carbons (Fsp3) is 0.154.